The molecule has 0 aliphatic rings. The van der Waals surface area contributed by atoms with Crippen LogP contribution in [0.15, 0.2) is 18.5 Å². The molecule has 0 saturated heterocycles. The van der Waals surface area contributed by atoms with Gasteiger partial charge in [-0.3, -0.25) is 9.59 Å². The second-order valence-corrected chi connectivity index (χ2v) is 5.57. The van der Waals surface area contributed by atoms with Crippen molar-refractivity contribution in [1.29, 1.82) is 0 Å². The summed E-state index contributed by atoms with van der Waals surface area (Å²) in [6, 6.07) is 1.83. The van der Waals surface area contributed by atoms with Gasteiger partial charge in [0.1, 0.15) is 5.56 Å². The molecule has 0 atom stereocenters. The minimum atomic E-state index is -0.160. The molecule has 2 amide bonds. The number of hydrogen-bond donors (Lipinski definition) is 1. The van der Waals surface area contributed by atoms with Gasteiger partial charge < -0.3 is 10.2 Å². The van der Waals surface area contributed by atoms with Crippen LogP contribution in [0.3, 0.4) is 0 Å². The third-order valence-electron chi connectivity index (χ3n) is 3.36. The maximum atomic E-state index is 12.5. The van der Waals surface area contributed by atoms with Crippen molar-refractivity contribution in [3.63, 3.8) is 0 Å². The summed E-state index contributed by atoms with van der Waals surface area (Å²) >= 11 is 0. The van der Waals surface area contributed by atoms with Crippen LogP contribution in [0.1, 0.15) is 29.9 Å². The van der Waals surface area contributed by atoms with E-state index in [0.717, 1.165) is 5.69 Å². The predicted molar refractivity (Wildman–Crippen MR) is 82.5 cm³/mol. The molecule has 7 heteroatoms. The second kappa shape index (κ2) is 6.55. The molecule has 2 aromatic heterocycles. The van der Waals surface area contributed by atoms with Crippen LogP contribution in [0.5, 0.6) is 0 Å². The lowest BCUT2D eigenvalue weighted by Gasteiger charge is -2.17. The summed E-state index contributed by atoms with van der Waals surface area (Å²) in [5.74, 6) is -0.242. The minimum absolute atomic E-state index is 0.0193. The van der Waals surface area contributed by atoms with Crippen LogP contribution in [-0.2, 0) is 4.79 Å². The van der Waals surface area contributed by atoms with Crippen LogP contribution in [0.4, 0.5) is 0 Å². The molecule has 118 valence electrons. The molecule has 0 saturated carbocycles. The van der Waals surface area contributed by atoms with E-state index in [1.807, 2.05) is 26.8 Å². The van der Waals surface area contributed by atoms with Gasteiger partial charge in [0.25, 0.3) is 5.91 Å². The van der Waals surface area contributed by atoms with Crippen molar-refractivity contribution < 1.29 is 9.59 Å². The van der Waals surface area contributed by atoms with Crippen LogP contribution < -0.4 is 5.32 Å². The number of aryl methyl sites for hydroxylation is 1. The predicted octanol–water partition coefficient (Wildman–Crippen LogP) is 0.882. The van der Waals surface area contributed by atoms with Crippen molar-refractivity contribution in [2.75, 3.05) is 20.1 Å². The van der Waals surface area contributed by atoms with E-state index in [-0.39, 0.29) is 17.7 Å². The van der Waals surface area contributed by atoms with Gasteiger partial charge in [-0.15, -0.1) is 0 Å². The van der Waals surface area contributed by atoms with Gasteiger partial charge in [-0.05, 0) is 13.0 Å². The Morgan fingerprint density at radius 2 is 2.14 bits per heavy atom. The van der Waals surface area contributed by atoms with Crippen LogP contribution in [-0.4, -0.2) is 51.4 Å². The van der Waals surface area contributed by atoms with E-state index in [1.54, 1.807) is 22.7 Å². The van der Waals surface area contributed by atoms with E-state index in [4.69, 9.17) is 0 Å². The first kappa shape index (κ1) is 15.9. The lowest BCUT2D eigenvalue weighted by Crippen LogP contribution is -2.37. The van der Waals surface area contributed by atoms with Gasteiger partial charge in [-0.2, -0.15) is 5.10 Å². The first-order valence-corrected chi connectivity index (χ1v) is 7.24. The van der Waals surface area contributed by atoms with Gasteiger partial charge in [0.15, 0.2) is 5.65 Å². The summed E-state index contributed by atoms with van der Waals surface area (Å²) in [6.45, 7) is 6.38. The fraction of sp³-hybridized carbons (Fsp3) is 0.467. The number of carbonyl (C=O) groups is 2. The van der Waals surface area contributed by atoms with E-state index in [0.29, 0.717) is 24.3 Å². The van der Waals surface area contributed by atoms with Gasteiger partial charge in [-0.1, -0.05) is 13.8 Å². The Labute approximate surface area is 129 Å². The van der Waals surface area contributed by atoms with Crippen LogP contribution in [0.2, 0.25) is 0 Å². The highest BCUT2D eigenvalue weighted by Gasteiger charge is 2.18. The Bertz CT molecular complexity index is 692. The molecule has 0 bridgehead atoms. The molecular weight excluding hydrogens is 282 g/mol. The summed E-state index contributed by atoms with van der Waals surface area (Å²) in [5, 5.41) is 6.92. The average molecular weight is 303 g/mol. The van der Waals surface area contributed by atoms with Gasteiger partial charge in [0.2, 0.25) is 5.91 Å². The topological polar surface area (TPSA) is 79.6 Å². The minimum Gasteiger partial charge on any atom is -0.354 e. The van der Waals surface area contributed by atoms with E-state index >= 15 is 0 Å². The monoisotopic (exact) mass is 303 g/mol. The number of hydrogen-bond acceptors (Lipinski definition) is 4. The Morgan fingerprint density at radius 3 is 2.82 bits per heavy atom. The molecular formula is C15H21N5O2. The molecule has 0 unspecified atom stereocenters. The van der Waals surface area contributed by atoms with Gasteiger partial charge in [0.05, 0.1) is 6.20 Å². The van der Waals surface area contributed by atoms with E-state index in [2.05, 4.69) is 15.4 Å². The zero-order valence-electron chi connectivity index (χ0n) is 13.3. The first-order chi connectivity index (χ1) is 10.4. The second-order valence-electron chi connectivity index (χ2n) is 5.57. The summed E-state index contributed by atoms with van der Waals surface area (Å²) in [6.07, 6.45) is 3.30. The molecule has 22 heavy (non-hydrogen) atoms. The number of aromatic nitrogens is 3. The highest BCUT2D eigenvalue weighted by Crippen LogP contribution is 2.10. The van der Waals surface area contributed by atoms with Crippen molar-refractivity contribution in [2.45, 2.75) is 20.8 Å². The molecule has 2 rings (SSSR count). The molecule has 0 spiro atoms. The molecule has 0 aliphatic carbocycles. The van der Waals surface area contributed by atoms with Crippen molar-refractivity contribution >= 4 is 17.5 Å². The number of likely N-dealkylation sites (N-methyl/N-ethyl adjacent to an activating group) is 1. The molecule has 0 fully saturated rings. The fourth-order valence-corrected chi connectivity index (χ4v) is 1.97. The van der Waals surface area contributed by atoms with Gasteiger partial charge in [-0.25, -0.2) is 9.50 Å². The summed E-state index contributed by atoms with van der Waals surface area (Å²) in [7, 11) is 1.70. The Kier molecular flexibility index (Phi) is 4.75. The zero-order valence-corrected chi connectivity index (χ0v) is 13.3. The number of rotatable bonds is 5. The largest absolute Gasteiger partial charge is 0.354 e. The van der Waals surface area contributed by atoms with Crippen molar-refractivity contribution in [2.24, 2.45) is 5.92 Å². The van der Waals surface area contributed by atoms with E-state index < -0.39 is 0 Å². The maximum absolute atomic E-state index is 12.5. The van der Waals surface area contributed by atoms with Crippen LogP contribution in [0, 0.1) is 12.8 Å². The van der Waals surface area contributed by atoms with E-state index in [9.17, 15) is 9.59 Å². The standard InChI is InChI=1S/C15H21N5O2/c1-10(2)14(21)16-6-8-19(4)15(22)12-9-17-20-7-5-11(3)18-13(12)20/h5,7,9-10H,6,8H2,1-4H3,(H,16,21). The molecule has 7 nitrogen and oxygen atoms in total. The Balaban J connectivity index is 2.03. The summed E-state index contributed by atoms with van der Waals surface area (Å²) in [4.78, 5) is 29.9. The Morgan fingerprint density at radius 1 is 1.41 bits per heavy atom. The van der Waals surface area contributed by atoms with E-state index in [1.165, 1.54) is 6.20 Å². The normalized spacial score (nSPS) is 11.0. The van der Waals surface area contributed by atoms with Crippen molar-refractivity contribution in [1.82, 2.24) is 24.8 Å². The molecule has 1 N–H and O–H groups in total. The number of fused-ring (bicyclic) bond motifs is 1. The molecule has 2 heterocycles. The highest BCUT2D eigenvalue weighted by atomic mass is 16.2. The third kappa shape index (κ3) is 3.41. The van der Waals surface area contributed by atoms with Crippen molar-refractivity contribution in [3.8, 4) is 0 Å². The van der Waals surface area contributed by atoms with Crippen LogP contribution in [0.25, 0.3) is 5.65 Å². The highest BCUT2D eigenvalue weighted by molar-refractivity contribution is 5.99. The molecule has 2 aromatic rings. The number of carbonyl (C=O) groups excluding carboxylic acids is 2. The summed E-state index contributed by atoms with van der Waals surface area (Å²) in [5.41, 5.74) is 1.83. The smallest absolute Gasteiger partial charge is 0.259 e. The van der Waals surface area contributed by atoms with Crippen molar-refractivity contribution in [3.05, 3.63) is 29.7 Å². The quantitative estimate of drug-likeness (QED) is 0.889. The number of amides is 2. The maximum Gasteiger partial charge on any atom is 0.259 e. The average Bonchev–Trinajstić information content (AvgIpc) is 2.88. The molecule has 0 aliphatic heterocycles. The molecule has 0 aromatic carbocycles. The lowest BCUT2D eigenvalue weighted by atomic mass is 10.2. The number of nitrogens with one attached hydrogen (secondary N) is 1. The van der Waals surface area contributed by atoms with Crippen LogP contribution >= 0.6 is 0 Å². The Hall–Kier alpha value is -2.44. The lowest BCUT2D eigenvalue weighted by molar-refractivity contribution is -0.124. The first-order valence-electron chi connectivity index (χ1n) is 7.24. The number of nitrogens with zero attached hydrogens (tertiary/aromatic N) is 4. The summed E-state index contributed by atoms with van der Waals surface area (Å²) < 4.78 is 1.58. The zero-order chi connectivity index (χ0) is 16.3. The molecule has 0 radical (unpaired) electrons. The fourth-order valence-electron chi connectivity index (χ4n) is 1.97. The SMILES string of the molecule is Cc1ccn2ncc(C(=O)N(C)CCNC(=O)C(C)C)c2n1. The van der Waals surface area contributed by atoms with Gasteiger partial charge >= 0.3 is 0 Å². The van der Waals surface area contributed by atoms with Gasteiger partial charge in [0, 0.05) is 37.9 Å². The third-order valence-corrected chi connectivity index (χ3v) is 3.36.